The van der Waals surface area contributed by atoms with Gasteiger partial charge in [-0.15, -0.1) is 0 Å². The fourth-order valence-electron chi connectivity index (χ4n) is 0.871. The average molecular weight is 229 g/mol. The number of hydrogen-bond donors (Lipinski definition) is 0. The predicted molar refractivity (Wildman–Crippen MR) is 50.1 cm³/mol. The first-order valence-corrected chi connectivity index (χ1v) is 6.40. The fourth-order valence-corrected chi connectivity index (χ4v) is 2.17. The van der Waals surface area contributed by atoms with E-state index >= 15 is 0 Å². The van der Waals surface area contributed by atoms with E-state index in [0.29, 0.717) is 6.42 Å². The Morgan fingerprint density at radius 2 is 2.00 bits per heavy atom. The zero-order valence-electron chi connectivity index (χ0n) is 7.62. The summed E-state index contributed by atoms with van der Waals surface area (Å²) >= 11 is 0. The van der Waals surface area contributed by atoms with Crippen molar-refractivity contribution >= 4 is 25.7 Å². The van der Waals surface area contributed by atoms with Gasteiger partial charge in [0.1, 0.15) is 0 Å². The van der Waals surface area contributed by atoms with Crippen molar-refractivity contribution in [1.29, 1.82) is 0 Å². The number of ether oxygens (including phenoxy) is 1. The smallest absolute Gasteiger partial charge is 0.325 e. The molecule has 0 bridgehead atoms. The van der Waals surface area contributed by atoms with E-state index < -0.39 is 20.3 Å². The molecule has 0 aliphatic rings. The van der Waals surface area contributed by atoms with E-state index in [-0.39, 0.29) is 13.0 Å². The second-order valence-corrected chi connectivity index (χ2v) is 5.32. The van der Waals surface area contributed by atoms with Gasteiger partial charge in [-0.1, -0.05) is 13.3 Å². The molecule has 0 rings (SSSR count). The lowest BCUT2D eigenvalue weighted by atomic mass is 10.2. The van der Waals surface area contributed by atoms with Crippen molar-refractivity contribution in [3.8, 4) is 0 Å². The summed E-state index contributed by atoms with van der Waals surface area (Å²) in [5.41, 5.74) is 0. The lowest BCUT2D eigenvalue weighted by molar-refractivity contribution is -0.142. The Labute approximate surface area is 82.6 Å². The molecule has 0 fully saturated rings. The summed E-state index contributed by atoms with van der Waals surface area (Å²) < 4.78 is 26.4. The third-order valence-corrected chi connectivity index (χ3v) is 3.19. The van der Waals surface area contributed by atoms with E-state index in [1.165, 1.54) is 0 Å². The number of carbonyl (C=O) groups is 1. The van der Waals surface area contributed by atoms with Crippen molar-refractivity contribution in [3.05, 3.63) is 0 Å². The molecular weight excluding hydrogens is 216 g/mol. The molecule has 0 saturated carbocycles. The maximum Gasteiger partial charge on any atom is 0.325 e. The molecular formula is C7H13ClO4S. The summed E-state index contributed by atoms with van der Waals surface area (Å²) in [5, 5.41) is -1.22. The quantitative estimate of drug-likeness (QED) is 0.526. The first-order chi connectivity index (χ1) is 5.93. The lowest BCUT2D eigenvalue weighted by Crippen LogP contribution is -2.28. The van der Waals surface area contributed by atoms with E-state index in [2.05, 4.69) is 4.74 Å². The number of esters is 1. The van der Waals surface area contributed by atoms with Crippen molar-refractivity contribution in [2.45, 2.75) is 31.9 Å². The highest BCUT2D eigenvalue weighted by atomic mass is 35.7. The molecule has 13 heavy (non-hydrogen) atoms. The molecule has 0 heterocycles. The van der Waals surface area contributed by atoms with Crippen LogP contribution in [0.2, 0.25) is 0 Å². The largest absolute Gasteiger partial charge is 0.465 e. The van der Waals surface area contributed by atoms with E-state index in [9.17, 15) is 13.2 Å². The molecule has 0 spiro atoms. The summed E-state index contributed by atoms with van der Waals surface area (Å²) in [6.45, 7) is 3.54. The zero-order valence-corrected chi connectivity index (χ0v) is 9.19. The molecule has 0 aliphatic carbocycles. The molecule has 6 heteroatoms. The molecule has 0 radical (unpaired) electrons. The topological polar surface area (TPSA) is 60.4 Å². The molecule has 4 nitrogen and oxygen atoms in total. The van der Waals surface area contributed by atoms with Crippen LogP contribution in [-0.4, -0.2) is 26.2 Å². The highest BCUT2D eigenvalue weighted by Crippen LogP contribution is 2.14. The van der Waals surface area contributed by atoms with Gasteiger partial charge in [-0.2, -0.15) is 0 Å². The molecule has 78 valence electrons. The number of rotatable bonds is 5. The molecule has 0 amide bonds. The number of hydrogen-bond acceptors (Lipinski definition) is 4. The van der Waals surface area contributed by atoms with Crippen molar-refractivity contribution in [2.75, 3.05) is 6.61 Å². The van der Waals surface area contributed by atoms with Crippen LogP contribution in [0.25, 0.3) is 0 Å². The van der Waals surface area contributed by atoms with Crippen molar-refractivity contribution in [2.24, 2.45) is 0 Å². The second kappa shape index (κ2) is 5.44. The minimum atomic E-state index is -3.85. The van der Waals surface area contributed by atoms with Crippen LogP contribution in [-0.2, 0) is 18.6 Å². The van der Waals surface area contributed by atoms with Crippen LogP contribution in [0.15, 0.2) is 0 Å². The maximum absolute atomic E-state index is 11.1. The van der Waals surface area contributed by atoms with Gasteiger partial charge in [0.15, 0.2) is 5.25 Å². The highest BCUT2D eigenvalue weighted by molar-refractivity contribution is 8.14. The summed E-state index contributed by atoms with van der Waals surface area (Å²) in [5.74, 6) is -0.764. The van der Waals surface area contributed by atoms with E-state index in [0.717, 1.165) is 0 Å². The van der Waals surface area contributed by atoms with Gasteiger partial charge in [0, 0.05) is 10.7 Å². The minimum Gasteiger partial charge on any atom is -0.465 e. The zero-order chi connectivity index (χ0) is 10.5. The molecule has 0 aromatic heterocycles. The van der Waals surface area contributed by atoms with Gasteiger partial charge in [-0.05, 0) is 13.3 Å². The van der Waals surface area contributed by atoms with Gasteiger partial charge in [-0.3, -0.25) is 4.79 Å². The monoisotopic (exact) mass is 228 g/mol. The predicted octanol–water partition coefficient (Wildman–Crippen LogP) is 1.29. The van der Waals surface area contributed by atoms with Crippen molar-refractivity contribution < 1.29 is 17.9 Å². The molecule has 1 atom stereocenters. The van der Waals surface area contributed by atoms with E-state index in [1.54, 1.807) is 13.8 Å². The second-order valence-electron chi connectivity index (χ2n) is 2.50. The van der Waals surface area contributed by atoms with Gasteiger partial charge in [0.05, 0.1) is 6.61 Å². The lowest BCUT2D eigenvalue weighted by Gasteiger charge is -2.10. The van der Waals surface area contributed by atoms with Gasteiger partial charge in [0.25, 0.3) is 0 Å². The SMILES string of the molecule is CCC[C@@H](C(=O)OCC)S(=O)(=O)Cl. The Kier molecular flexibility index (Phi) is 5.32. The Balaban J connectivity index is 4.52. The third kappa shape index (κ3) is 4.47. The highest BCUT2D eigenvalue weighted by Gasteiger charge is 2.31. The normalized spacial score (nSPS) is 13.8. The number of carbonyl (C=O) groups excluding carboxylic acids is 1. The molecule has 0 aromatic rings. The minimum absolute atomic E-state index is 0.158. The van der Waals surface area contributed by atoms with Crippen molar-refractivity contribution in [3.63, 3.8) is 0 Å². The van der Waals surface area contributed by atoms with Crippen LogP contribution in [0, 0.1) is 0 Å². The third-order valence-electron chi connectivity index (χ3n) is 1.44. The van der Waals surface area contributed by atoms with Crippen LogP contribution >= 0.6 is 10.7 Å². The van der Waals surface area contributed by atoms with E-state index in [1.807, 2.05) is 0 Å². The Morgan fingerprint density at radius 1 is 1.46 bits per heavy atom. The van der Waals surface area contributed by atoms with Gasteiger partial charge >= 0.3 is 5.97 Å². The van der Waals surface area contributed by atoms with Gasteiger partial charge in [0.2, 0.25) is 9.05 Å². The molecule has 0 N–H and O–H groups in total. The molecule has 0 aromatic carbocycles. The summed E-state index contributed by atoms with van der Waals surface area (Å²) in [7, 11) is 1.23. The Hall–Kier alpha value is -0.290. The van der Waals surface area contributed by atoms with Crippen LogP contribution < -0.4 is 0 Å². The van der Waals surface area contributed by atoms with Crippen molar-refractivity contribution in [1.82, 2.24) is 0 Å². The number of halogens is 1. The molecule has 0 unspecified atom stereocenters. The van der Waals surface area contributed by atoms with Crippen LogP contribution in [0.5, 0.6) is 0 Å². The fraction of sp³-hybridized carbons (Fsp3) is 0.857. The van der Waals surface area contributed by atoms with Crippen LogP contribution in [0.3, 0.4) is 0 Å². The first-order valence-electron chi connectivity index (χ1n) is 4.03. The first kappa shape index (κ1) is 12.7. The Bertz CT molecular complexity index is 260. The maximum atomic E-state index is 11.1. The van der Waals surface area contributed by atoms with Gasteiger partial charge in [-0.25, -0.2) is 8.42 Å². The van der Waals surface area contributed by atoms with E-state index in [4.69, 9.17) is 10.7 Å². The molecule has 0 saturated heterocycles. The van der Waals surface area contributed by atoms with Gasteiger partial charge < -0.3 is 4.74 Å². The van der Waals surface area contributed by atoms with Crippen LogP contribution in [0.1, 0.15) is 26.7 Å². The Morgan fingerprint density at radius 3 is 2.31 bits per heavy atom. The van der Waals surface area contributed by atoms with Crippen LogP contribution in [0.4, 0.5) is 0 Å². The summed E-state index contributed by atoms with van der Waals surface area (Å²) in [6.07, 6.45) is 0.764. The summed E-state index contributed by atoms with van der Waals surface area (Å²) in [4.78, 5) is 11.1. The average Bonchev–Trinajstić information content (AvgIpc) is 1.98. The molecule has 0 aliphatic heterocycles. The summed E-state index contributed by atoms with van der Waals surface area (Å²) in [6, 6.07) is 0. The standard InChI is InChI=1S/C7H13ClO4S/c1-3-5-6(13(8,10)11)7(9)12-4-2/h6H,3-5H2,1-2H3/t6-/m0/s1.